The third kappa shape index (κ3) is 4.35. The lowest BCUT2D eigenvalue weighted by Gasteiger charge is -2.26. The largest absolute Gasteiger partial charge is 0.507 e. The number of amides is 1. The van der Waals surface area contributed by atoms with Crippen LogP contribution in [0.4, 0.5) is 5.69 Å². The normalized spacial score (nSPS) is 17.7. The molecule has 2 aliphatic rings. The Morgan fingerprint density at radius 3 is 2.47 bits per heavy atom. The van der Waals surface area contributed by atoms with E-state index in [4.69, 9.17) is 30.5 Å². The van der Waals surface area contributed by atoms with Crippen LogP contribution in [0.15, 0.2) is 60.2 Å². The van der Waals surface area contributed by atoms with E-state index in [1.165, 1.54) is 35.2 Å². The number of hydrogen-bond donors (Lipinski definition) is 2. The maximum absolute atomic E-state index is 13.5. The number of benzene rings is 3. The first-order valence-corrected chi connectivity index (χ1v) is 12.3. The van der Waals surface area contributed by atoms with Crippen molar-refractivity contribution >= 4 is 34.7 Å². The van der Waals surface area contributed by atoms with Gasteiger partial charge in [0.05, 0.1) is 29.9 Å². The zero-order valence-electron chi connectivity index (χ0n) is 20.6. The van der Waals surface area contributed by atoms with Gasteiger partial charge in [0.25, 0.3) is 11.7 Å². The second kappa shape index (κ2) is 10.2. The minimum atomic E-state index is -1.05. The molecule has 0 bridgehead atoms. The maximum atomic E-state index is 13.5. The maximum Gasteiger partial charge on any atom is 0.300 e. The molecule has 2 aliphatic heterocycles. The molecule has 0 radical (unpaired) electrons. The lowest BCUT2D eigenvalue weighted by molar-refractivity contribution is -0.132. The van der Waals surface area contributed by atoms with Crippen LogP contribution in [0.2, 0.25) is 5.02 Å². The molecule has 0 aromatic heterocycles. The Bertz CT molecular complexity index is 1470. The number of ether oxygens (including phenoxy) is 4. The van der Waals surface area contributed by atoms with Crippen LogP contribution in [0.1, 0.15) is 31.0 Å². The Morgan fingerprint density at radius 2 is 1.71 bits per heavy atom. The van der Waals surface area contributed by atoms with Crippen molar-refractivity contribution in [3.63, 3.8) is 0 Å². The third-order valence-corrected chi connectivity index (χ3v) is 6.49. The van der Waals surface area contributed by atoms with Gasteiger partial charge in [0.2, 0.25) is 6.79 Å². The molecule has 1 amide bonds. The number of aliphatic hydroxyl groups excluding tert-OH is 1. The average molecular weight is 538 g/mol. The van der Waals surface area contributed by atoms with Gasteiger partial charge in [-0.15, -0.1) is 0 Å². The number of Topliss-reactive ketones (excluding diaryl/α,β-unsaturated/α-hetero) is 1. The molecule has 0 spiro atoms. The first-order valence-electron chi connectivity index (χ1n) is 11.9. The fraction of sp³-hybridized carbons (Fsp3) is 0.214. The molecule has 2 N–H and O–H groups in total. The summed E-state index contributed by atoms with van der Waals surface area (Å²) in [4.78, 5) is 28.2. The highest BCUT2D eigenvalue weighted by Crippen LogP contribution is 2.46. The molecule has 1 atom stereocenters. The van der Waals surface area contributed by atoms with Gasteiger partial charge in [-0.25, -0.2) is 0 Å². The molecule has 10 heteroatoms. The number of anilines is 1. The van der Waals surface area contributed by atoms with E-state index >= 15 is 0 Å². The lowest BCUT2D eigenvalue weighted by atomic mass is 9.94. The molecular formula is C28H24ClNO8. The third-order valence-electron chi connectivity index (χ3n) is 6.18. The number of aliphatic hydroxyl groups is 1. The Balaban J connectivity index is 1.71. The van der Waals surface area contributed by atoms with Crippen LogP contribution in [-0.2, 0) is 9.59 Å². The molecule has 196 valence electrons. The number of phenolic OH excluding ortho intramolecular Hbond substituents is 1. The number of ketones is 1. The van der Waals surface area contributed by atoms with Crippen molar-refractivity contribution in [1.82, 2.24) is 0 Å². The van der Waals surface area contributed by atoms with Gasteiger partial charge >= 0.3 is 0 Å². The van der Waals surface area contributed by atoms with Gasteiger partial charge in [-0.2, -0.15) is 0 Å². The molecule has 1 fully saturated rings. The van der Waals surface area contributed by atoms with E-state index in [1.54, 1.807) is 38.1 Å². The molecule has 3 aromatic rings. The minimum Gasteiger partial charge on any atom is -0.507 e. The first kappa shape index (κ1) is 25.3. The molecule has 0 aliphatic carbocycles. The quantitative estimate of drug-likeness (QED) is 0.240. The fourth-order valence-electron chi connectivity index (χ4n) is 4.49. The van der Waals surface area contributed by atoms with Crippen LogP contribution >= 0.6 is 11.6 Å². The highest BCUT2D eigenvalue weighted by molar-refractivity contribution is 6.51. The van der Waals surface area contributed by atoms with Crippen molar-refractivity contribution in [2.45, 2.75) is 19.9 Å². The molecule has 3 aromatic carbocycles. The van der Waals surface area contributed by atoms with Gasteiger partial charge in [-0.3, -0.25) is 14.5 Å². The molecule has 5 rings (SSSR count). The van der Waals surface area contributed by atoms with E-state index in [-0.39, 0.29) is 36.0 Å². The number of carbonyl (C=O) groups excluding carboxylic acids is 2. The van der Waals surface area contributed by atoms with Crippen molar-refractivity contribution in [3.8, 4) is 28.7 Å². The summed E-state index contributed by atoms with van der Waals surface area (Å²) in [6, 6.07) is 12.9. The standard InChI is InChI=1S/C28H24ClNO8/c1-3-35-21-12-16(5-8-18(21)29)26(32)24-25(15-6-9-19(31)22(11-15)36-4-2)30(28(34)27(24)33)17-7-10-20-23(13-17)38-14-37-20/h5-13,25,31-32H,3-4,14H2,1-2H3/b26-24+. The van der Waals surface area contributed by atoms with Gasteiger partial charge in [-0.1, -0.05) is 17.7 Å². The summed E-state index contributed by atoms with van der Waals surface area (Å²) in [5, 5.41) is 22.0. The summed E-state index contributed by atoms with van der Waals surface area (Å²) in [7, 11) is 0. The van der Waals surface area contributed by atoms with Crippen molar-refractivity contribution in [2.24, 2.45) is 0 Å². The Hall–Kier alpha value is -4.37. The van der Waals surface area contributed by atoms with Crippen LogP contribution < -0.4 is 23.8 Å². The number of rotatable bonds is 7. The summed E-state index contributed by atoms with van der Waals surface area (Å²) in [6.07, 6.45) is 0. The molecular weight excluding hydrogens is 514 g/mol. The summed E-state index contributed by atoms with van der Waals surface area (Å²) in [5.41, 5.74) is 0.891. The summed E-state index contributed by atoms with van der Waals surface area (Å²) in [6.45, 7) is 4.22. The van der Waals surface area contributed by atoms with E-state index < -0.39 is 23.5 Å². The lowest BCUT2D eigenvalue weighted by Crippen LogP contribution is -2.29. The Kier molecular flexibility index (Phi) is 6.77. The predicted octanol–water partition coefficient (Wildman–Crippen LogP) is 5.20. The smallest absolute Gasteiger partial charge is 0.300 e. The van der Waals surface area contributed by atoms with Gasteiger partial charge in [0, 0.05) is 17.3 Å². The van der Waals surface area contributed by atoms with E-state index in [2.05, 4.69) is 0 Å². The monoisotopic (exact) mass is 537 g/mol. The molecule has 1 unspecified atom stereocenters. The second-order valence-corrected chi connectivity index (χ2v) is 8.85. The van der Waals surface area contributed by atoms with E-state index in [0.717, 1.165) is 0 Å². The summed E-state index contributed by atoms with van der Waals surface area (Å²) in [5.74, 6) is -0.813. The zero-order valence-corrected chi connectivity index (χ0v) is 21.3. The number of halogens is 1. The van der Waals surface area contributed by atoms with Crippen LogP contribution in [0, 0.1) is 0 Å². The first-order chi connectivity index (χ1) is 18.3. The molecule has 38 heavy (non-hydrogen) atoms. The van der Waals surface area contributed by atoms with E-state index in [1.807, 2.05) is 0 Å². The van der Waals surface area contributed by atoms with E-state index in [9.17, 15) is 19.8 Å². The highest BCUT2D eigenvalue weighted by atomic mass is 35.5. The zero-order chi connectivity index (χ0) is 27.0. The Morgan fingerprint density at radius 1 is 0.974 bits per heavy atom. The van der Waals surface area contributed by atoms with Gasteiger partial charge < -0.3 is 29.2 Å². The summed E-state index contributed by atoms with van der Waals surface area (Å²) < 4.78 is 21.9. The van der Waals surface area contributed by atoms with Gasteiger partial charge in [0.1, 0.15) is 11.5 Å². The predicted molar refractivity (Wildman–Crippen MR) is 139 cm³/mol. The molecule has 9 nitrogen and oxygen atoms in total. The van der Waals surface area contributed by atoms with Crippen LogP contribution in [0.25, 0.3) is 5.76 Å². The number of nitrogens with zero attached hydrogens (tertiary/aromatic N) is 1. The molecule has 2 heterocycles. The number of fused-ring (bicyclic) bond motifs is 1. The van der Waals surface area contributed by atoms with Crippen molar-refractivity contribution in [2.75, 3.05) is 24.9 Å². The Labute approximate surface area is 223 Å². The second-order valence-electron chi connectivity index (χ2n) is 8.45. The van der Waals surface area contributed by atoms with Gasteiger partial charge in [0.15, 0.2) is 23.0 Å². The summed E-state index contributed by atoms with van der Waals surface area (Å²) >= 11 is 6.22. The molecule has 0 saturated carbocycles. The number of aromatic hydroxyl groups is 1. The van der Waals surface area contributed by atoms with Crippen LogP contribution in [0.5, 0.6) is 28.7 Å². The van der Waals surface area contributed by atoms with Crippen molar-refractivity contribution < 1.29 is 38.7 Å². The van der Waals surface area contributed by atoms with Crippen LogP contribution in [0.3, 0.4) is 0 Å². The highest BCUT2D eigenvalue weighted by Gasteiger charge is 2.47. The number of hydrogen-bond acceptors (Lipinski definition) is 8. The topological polar surface area (TPSA) is 115 Å². The van der Waals surface area contributed by atoms with Crippen molar-refractivity contribution in [1.29, 1.82) is 0 Å². The fourth-order valence-corrected chi connectivity index (χ4v) is 4.67. The van der Waals surface area contributed by atoms with Crippen LogP contribution in [-0.4, -0.2) is 41.9 Å². The minimum absolute atomic E-state index is 0.0371. The van der Waals surface area contributed by atoms with Crippen molar-refractivity contribution in [3.05, 3.63) is 76.3 Å². The number of carbonyl (C=O) groups is 2. The van der Waals surface area contributed by atoms with E-state index in [0.29, 0.717) is 40.1 Å². The molecule has 1 saturated heterocycles. The van der Waals surface area contributed by atoms with Gasteiger partial charge in [-0.05, 0) is 61.9 Å². The number of phenols is 1. The average Bonchev–Trinajstić information content (AvgIpc) is 3.48. The SMILES string of the molecule is CCOc1cc(C2/C(=C(\O)c3ccc(Cl)c(OCC)c3)C(=O)C(=O)N2c2ccc3c(c2)OCO3)ccc1O.